The summed E-state index contributed by atoms with van der Waals surface area (Å²) in [6, 6.07) is 19.8. The average Bonchev–Trinajstić information content (AvgIpc) is 3.44. The first-order valence-corrected chi connectivity index (χ1v) is 11.2. The van der Waals surface area contributed by atoms with Crippen molar-refractivity contribution >= 4 is 28.5 Å². The predicted molar refractivity (Wildman–Crippen MR) is 131 cm³/mol. The van der Waals surface area contributed by atoms with Gasteiger partial charge >= 0.3 is 5.69 Å². The van der Waals surface area contributed by atoms with E-state index in [0.29, 0.717) is 29.3 Å². The molecular formula is C26H24N4O5. The minimum absolute atomic E-state index is 0.0844. The number of anilines is 1. The van der Waals surface area contributed by atoms with Gasteiger partial charge in [-0.3, -0.25) is 18.7 Å². The van der Waals surface area contributed by atoms with Crippen LogP contribution in [0.15, 0.2) is 71.5 Å². The largest absolute Gasteiger partial charge is 0.454 e. The summed E-state index contributed by atoms with van der Waals surface area (Å²) in [6.07, 6.45) is 0.0844. The highest BCUT2D eigenvalue weighted by molar-refractivity contribution is 6.03. The minimum atomic E-state index is -0.316. The van der Waals surface area contributed by atoms with E-state index in [4.69, 9.17) is 9.47 Å². The molecule has 1 aromatic heterocycles. The first-order valence-electron chi connectivity index (χ1n) is 11.2. The number of ether oxygens (including phenoxy) is 2. The second-order valence-electron chi connectivity index (χ2n) is 8.20. The Morgan fingerprint density at radius 2 is 1.69 bits per heavy atom. The van der Waals surface area contributed by atoms with Crippen LogP contribution in [0.3, 0.4) is 0 Å². The number of hydrogen-bond donors (Lipinski definition) is 2. The highest BCUT2D eigenvalue weighted by atomic mass is 16.7. The number of carbonyl (C=O) groups is 2. The fourth-order valence-corrected chi connectivity index (χ4v) is 4.12. The van der Waals surface area contributed by atoms with Crippen molar-refractivity contribution in [2.75, 3.05) is 12.1 Å². The number of nitrogens with zero attached hydrogens (tertiary/aromatic N) is 2. The molecule has 1 aliphatic heterocycles. The van der Waals surface area contributed by atoms with Gasteiger partial charge in [-0.05, 0) is 42.0 Å². The number of aryl methyl sites for hydroxylation is 2. The Hall–Kier alpha value is -4.53. The number of hydrogen-bond acceptors (Lipinski definition) is 5. The number of nitrogens with one attached hydrogen (secondary N) is 2. The molecule has 2 heterocycles. The van der Waals surface area contributed by atoms with Gasteiger partial charge in [0.2, 0.25) is 12.7 Å². The number of aromatic nitrogens is 2. The summed E-state index contributed by atoms with van der Waals surface area (Å²) in [4.78, 5) is 38.2. The molecule has 35 heavy (non-hydrogen) atoms. The lowest BCUT2D eigenvalue weighted by molar-refractivity contribution is -0.116. The van der Waals surface area contributed by atoms with Crippen molar-refractivity contribution < 1.29 is 19.1 Å². The number of rotatable bonds is 7. The van der Waals surface area contributed by atoms with Gasteiger partial charge in [0, 0.05) is 26.6 Å². The number of carbonyl (C=O) groups excluding carboxylic acids is 2. The quantitative estimate of drug-likeness (QED) is 0.430. The van der Waals surface area contributed by atoms with Gasteiger partial charge in [-0.1, -0.05) is 30.3 Å². The van der Waals surface area contributed by atoms with Crippen molar-refractivity contribution in [3.8, 4) is 11.5 Å². The van der Waals surface area contributed by atoms with Crippen LogP contribution in [0.25, 0.3) is 11.0 Å². The summed E-state index contributed by atoms with van der Waals surface area (Å²) in [5.74, 6) is 0.721. The SMILES string of the molecule is Cn1c(=O)n(CCC(=O)Nc2ccccc2C(=O)NCc2ccc3c(c2)OCO3)c2ccccc21. The fourth-order valence-electron chi connectivity index (χ4n) is 4.12. The summed E-state index contributed by atoms with van der Waals surface area (Å²) >= 11 is 0. The van der Waals surface area contributed by atoms with E-state index in [9.17, 15) is 14.4 Å². The fraction of sp³-hybridized carbons (Fsp3) is 0.192. The number of amides is 2. The highest BCUT2D eigenvalue weighted by Crippen LogP contribution is 2.32. The molecule has 4 aromatic rings. The lowest BCUT2D eigenvalue weighted by atomic mass is 10.1. The van der Waals surface area contributed by atoms with Gasteiger partial charge in [-0.2, -0.15) is 0 Å². The molecule has 0 spiro atoms. The summed E-state index contributed by atoms with van der Waals surface area (Å²) < 4.78 is 13.8. The zero-order valence-corrected chi connectivity index (χ0v) is 19.1. The lowest BCUT2D eigenvalue weighted by Gasteiger charge is -2.12. The molecule has 2 N–H and O–H groups in total. The predicted octanol–water partition coefficient (Wildman–Crippen LogP) is 3.03. The van der Waals surface area contributed by atoms with Crippen LogP contribution < -0.4 is 25.8 Å². The van der Waals surface area contributed by atoms with E-state index in [0.717, 1.165) is 16.6 Å². The van der Waals surface area contributed by atoms with Crippen LogP contribution in [0, 0.1) is 0 Å². The maximum atomic E-state index is 12.9. The topological polar surface area (TPSA) is 104 Å². The number of fused-ring (bicyclic) bond motifs is 2. The molecule has 3 aromatic carbocycles. The number of benzene rings is 3. The van der Waals surface area contributed by atoms with Crippen molar-refractivity contribution in [1.82, 2.24) is 14.5 Å². The molecule has 2 amide bonds. The van der Waals surface area contributed by atoms with Crippen LogP contribution in [0.4, 0.5) is 5.69 Å². The third-order valence-electron chi connectivity index (χ3n) is 5.95. The van der Waals surface area contributed by atoms with Crippen molar-refractivity contribution in [2.45, 2.75) is 19.5 Å². The van der Waals surface area contributed by atoms with Gasteiger partial charge in [0.25, 0.3) is 5.91 Å². The Bertz CT molecular complexity index is 1490. The molecule has 0 saturated carbocycles. The van der Waals surface area contributed by atoms with E-state index < -0.39 is 0 Å². The Kier molecular flexibility index (Phi) is 5.97. The molecule has 0 saturated heterocycles. The van der Waals surface area contributed by atoms with Crippen LogP contribution >= 0.6 is 0 Å². The standard InChI is InChI=1S/C26H24N4O5/c1-29-20-8-4-5-9-21(20)30(26(29)33)13-12-24(31)28-19-7-3-2-6-18(19)25(32)27-15-17-10-11-22-23(14-17)35-16-34-22/h2-11,14H,12-13,15-16H2,1H3,(H,27,32)(H,28,31). The molecule has 1 aliphatic rings. The highest BCUT2D eigenvalue weighted by Gasteiger charge is 2.16. The van der Waals surface area contributed by atoms with Crippen LogP contribution in [-0.4, -0.2) is 27.7 Å². The molecule has 0 bridgehead atoms. The average molecular weight is 473 g/mol. The van der Waals surface area contributed by atoms with Crippen LogP contribution in [0.1, 0.15) is 22.3 Å². The van der Waals surface area contributed by atoms with Gasteiger partial charge in [0.05, 0.1) is 22.3 Å². The van der Waals surface area contributed by atoms with E-state index in [1.807, 2.05) is 36.4 Å². The van der Waals surface area contributed by atoms with Crippen molar-refractivity contribution in [2.24, 2.45) is 7.05 Å². The van der Waals surface area contributed by atoms with E-state index in [1.165, 1.54) is 0 Å². The van der Waals surface area contributed by atoms with Gasteiger partial charge < -0.3 is 20.1 Å². The molecule has 5 rings (SSSR count). The summed E-state index contributed by atoms with van der Waals surface area (Å²) in [6.45, 7) is 0.708. The molecule has 178 valence electrons. The van der Waals surface area contributed by atoms with Crippen LogP contribution in [0.5, 0.6) is 11.5 Å². The zero-order chi connectivity index (χ0) is 24.4. The number of imidazole rings is 1. The van der Waals surface area contributed by atoms with Gasteiger partial charge in [-0.25, -0.2) is 4.79 Å². The van der Waals surface area contributed by atoms with Crippen molar-refractivity contribution in [3.63, 3.8) is 0 Å². The first-order chi connectivity index (χ1) is 17.0. The third-order valence-corrected chi connectivity index (χ3v) is 5.95. The Morgan fingerprint density at radius 3 is 2.54 bits per heavy atom. The second-order valence-corrected chi connectivity index (χ2v) is 8.20. The van der Waals surface area contributed by atoms with E-state index in [2.05, 4.69) is 10.6 Å². The minimum Gasteiger partial charge on any atom is -0.454 e. The van der Waals surface area contributed by atoms with Crippen molar-refractivity contribution in [1.29, 1.82) is 0 Å². The lowest BCUT2D eigenvalue weighted by Crippen LogP contribution is -2.26. The molecule has 9 nitrogen and oxygen atoms in total. The van der Waals surface area contributed by atoms with Gasteiger partial charge in [0.1, 0.15) is 0 Å². The first kappa shape index (κ1) is 22.3. The molecular weight excluding hydrogens is 448 g/mol. The summed E-state index contributed by atoms with van der Waals surface area (Å²) in [5.41, 5.74) is 3.03. The van der Waals surface area contributed by atoms with E-state index >= 15 is 0 Å². The molecule has 0 radical (unpaired) electrons. The van der Waals surface area contributed by atoms with E-state index in [-0.39, 0.29) is 37.3 Å². The van der Waals surface area contributed by atoms with Crippen LogP contribution in [-0.2, 0) is 24.9 Å². The maximum absolute atomic E-state index is 12.9. The van der Waals surface area contributed by atoms with Crippen LogP contribution in [0.2, 0.25) is 0 Å². The normalized spacial score (nSPS) is 12.0. The molecule has 0 aliphatic carbocycles. The van der Waals surface area contributed by atoms with Gasteiger partial charge in [0.15, 0.2) is 11.5 Å². The molecule has 0 atom stereocenters. The Morgan fingerprint density at radius 1 is 0.943 bits per heavy atom. The summed E-state index contributed by atoms with van der Waals surface area (Å²) in [5, 5.41) is 5.68. The van der Waals surface area contributed by atoms with Crippen molar-refractivity contribution in [3.05, 3.63) is 88.3 Å². The Balaban J connectivity index is 1.24. The van der Waals surface area contributed by atoms with Gasteiger partial charge in [-0.15, -0.1) is 0 Å². The number of para-hydroxylation sites is 3. The maximum Gasteiger partial charge on any atom is 0.328 e. The smallest absolute Gasteiger partial charge is 0.328 e. The Labute approximate surface area is 200 Å². The molecule has 9 heteroatoms. The summed E-state index contributed by atoms with van der Waals surface area (Å²) in [7, 11) is 1.71. The molecule has 0 fully saturated rings. The third kappa shape index (κ3) is 4.48. The second kappa shape index (κ2) is 9.38. The van der Waals surface area contributed by atoms with E-state index in [1.54, 1.807) is 46.5 Å². The molecule has 0 unspecified atom stereocenters. The monoisotopic (exact) mass is 472 g/mol. The zero-order valence-electron chi connectivity index (χ0n) is 19.1.